The van der Waals surface area contributed by atoms with Gasteiger partial charge in [0.15, 0.2) is 0 Å². The fourth-order valence-electron chi connectivity index (χ4n) is 6.15. The van der Waals surface area contributed by atoms with Crippen molar-refractivity contribution >= 4 is 11.8 Å². The summed E-state index contributed by atoms with van der Waals surface area (Å²) in [6.07, 6.45) is 5.71. The first-order valence-electron chi connectivity index (χ1n) is 14.6. The second-order valence-corrected chi connectivity index (χ2v) is 11.8. The summed E-state index contributed by atoms with van der Waals surface area (Å²) in [4.78, 5) is 27.6. The zero-order chi connectivity index (χ0) is 28.5. The summed E-state index contributed by atoms with van der Waals surface area (Å²) in [5.41, 5.74) is 9.66. The minimum absolute atomic E-state index is 0.148. The molecule has 1 aromatic heterocycles. The van der Waals surface area contributed by atoms with E-state index in [4.69, 9.17) is 5.73 Å². The van der Waals surface area contributed by atoms with Gasteiger partial charge in [-0.2, -0.15) is 0 Å². The maximum absolute atomic E-state index is 13.5. The third-order valence-electron chi connectivity index (χ3n) is 8.89. The van der Waals surface area contributed by atoms with Crippen LogP contribution in [0.2, 0.25) is 0 Å². The molecule has 10 heteroatoms. The fourth-order valence-corrected chi connectivity index (χ4v) is 6.15. The van der Waals surface area contributed by atoms with Crippen LogP contribution >= 0.6 is 0 Å². The molecule has 1 unspecified atom stereocenters. The molecule has 10 nitrogen and oxygen atoms in total. The maximum atomic E-state index is 13.5. The van der Waals surface area contributed by atoms with Gasteiger partial charge >= 0.3 is 0 Å². The molecule has 3 fully saturated rings. The lowest BCUT2D eigenvalue weighted by molar-refractivity contribution is -0.136. The lowest BCUT2D eigenvalue weighted by atomic mass is 9.78. The van der Waals surface area contributed by atoms with Crippen molar-refractivity contribution in [3.05, 3.63) is 72.1 Å². The Morgan fingerprint density at radius 3 is 2.37 bits per heavy atom. The van der Waals surface area contributed by atoms with Crippen molar-refractivity contribution < 1.29 is 19.8 Å². The van der Waals surface area contributed by atoms with E-state index in [-0.39, 0.29) is 31.3 Å². The molecule has 2 aromatic carbocycles. The van der Waals surface area contributed by atoms with Crippen LogP contribution in [0.4, 0.5) is 0 Å². The summed E-state index contributed by atoms with van der Waals surface area (Å²) in [5, 5.41) is 33.7. The molecule has 3 aromatic rings. The Labute approximate surface area is 239 Å². The number of amides is 2. The van der Waals surface area contributed by atoms with Gasteiger partial charge in [-0.1, -0.05) is 66.2 Å². The van der Waals surface area contributed by atoms with Crippen molar-refractivity contribution in [2.24, 2.45) is 11.7 Å². The number of primary amides is 1. The molecule has 3 aliphatic rings. The summed E-state index contributed by atoms with van der Waals surface area (Å²) in [5.74, 6) is -0.429. The topological polar surface area (TPSA) is 147 Å². The van der Waals surface area contributed by atoms with E-state index in [1.54, 1.807) is 9.58 Å². The minimum Gasteiger partial charge on any atom is -0.392 e. The van der Waals surface area contributed by atoms with Gasteiger partial charge in [-0.3, -0.25) is 14.5 Å². The summed E-state index contributed by atoms with van der Waals surface area (Å²) in [7, 11) is 0. The third-order valence-corrected chi connectivity index (χ3v) is 8.89. The van der Waals surface area contributed by atoms with Crippen LogP contribution in [0.25, 0.3) is 11.1 Å². The van der Waals surface area contributed by atoms with Crippen molar-refractivity contribution in [2.45, 2.75) is 81.3 Å². The Morgan fingerprint density at radius 1 is 1.02 bits per heavy atom. The first-order chi connectivity index (χ1) is 19.9. The van der Waals surface area contributed by atoms with Crippen molar-refractivity contribution in [3.63, 3.8) is 0 Å². The molecule has 0 radical (unpaired) electrons. The molecule has 2 heterocycles. The summed E-state index contributed by atoms with van der Waals surface area (Å²) < 4.78 is 1.76. The number of rotatable bonds is 11. The molecule has 1 aliphatic heterocycles. The predicted molar refractivity (Wildman–Crippen MR) is 152 cm³/mol. The molecule has 5 N–H and O–H groups in total. The van der Waals surface area contributed by atoms with E-state index in [0.29, 0.717) is 5.92 Å². The second-order valence-electron chi connectivity index (χ2n) is 11.8. The van der Waals surface area contributed by atoms with Crippen molar-refractivity contribution in [1.29, 1.82) is 0 Å². The van der Waals surface area contributed by atoms with Crippen LogP contribution in [0.1, 0.15) is 61.7 Å². The number of likely N-dealkylation sites (tertiary alicyclic amines) is 1. The van der Waals surface area contributed by atoms with Crippen LogP contribution in [-0.2, 0) is 16.0 Å². The van der Waals surface area contributed by atoms with E-state index in [9.17, 15) is 19.8 Å². The lowest BCUT2D eigenvalue weighted by Gasteiger charge is -2.41. The Bertz CT molecular complexity index is 1350. The van der Waals surface area contributed by atoms with Gasteiger partial charge in [0, 0.05) is 25.1 Å². The Balaban J connectivity index is 1.15. The molecule has 41 heavy (non-hydrogen) atoms. The van der Waals surface area contributed by atoms with Crippen LogP contribution in [0, 0.1) is 5.92 Å². The van der Waals surface area contributed by atoms with Gasteiger partial charge < -0.3 is 21.3 Å². The number of benzene rings is 2. The number of carbonyl (C=O) groups excluding carboxylic acids is 2. The molecular weight excluding hydrogens is 520 g/mol. The quantitative estimate of drug-likeness (QED) is 0.282. The highest BCUT2D eigenvalue weighted by atomic mass is 16.3. The van der Waals surface area contributed by atoms with Gasteiger partial charge in [-0.25, -0.2) is 4.68 Å². The van der Waals surface area contributed by atoms with E-state index >= 15 is 0 Å². The van der Waals surface area contributed by atoms with Crippen molar-refractivity contribution in [3.8, 4) is 11.1 Å². The zero-order valence-corrected chi connectivity index (χ0v) is 23.0. The van der Waals surface area contributed by atoms with Gasteiger partial charge in [0.2, 0.25) is 11.8 Å². The number of β-amino-alcohol motifs (C(OH)–C–C–N with tert-alkyl or cyclic N) is 1. The van der Waals surface area contributed by atoms with Crippen LogP contribution in [0.5, 0.6) is 0 Å². The largest absolute Gasteiger partial charge is 0.392 e. The number of aliphatic hydroxyl groups is 2. The van der Waals surface area contributed by atoms with Gasteiger partial charge in [-0.05, 0) is 54.7 Å². The van der Waals surface area contributed by atoms with Gasteiger partial charge in [0.1, 0.15) is 12.3 Å². The minimum atomic E-state index is -1.04. The maximum Gasteiger partial charge on any atom is 0.240 e. The number of hydrogen-bond donors (Lipinski definition) is 4. The Morgan fingerprint density at radius 2 is 1.73 bits per heavy atom. The smallest absolute Gasteiger partial charge is 0.240 e. The Hall–Kier alpha value is -3.60. The fraction of sp³-hybridized carbons (Fsp3) is 0.484. The molecule has 2 aliphatic carbocycles. The third kappa shape index (κ3) is 6.05. The first-order valence-corrected chi connectivity index (χ1v) is 14.6. The highest BCUT2D eigenvalue weighted by Gasteiger charge is 2.46. The summed E-state index contributed by atoms with van der Waals surface area (Å²) >= 11 is 0. The van der Waals surface area contributed by atoms with E-state index < -0.39 is 36.2 Å². The molecule has 216 valence electrons. The molecule has 5 atom stereocenters. The number of aliphatic hydroxyl groups excluding tert-OH is 2. The first kappa shape index (κ1) is 27.6. The average molecular weight is 559 g/mol. The number of hydrogen-bond acceptors (Lipinski definition) is 7. The van der Waals surface area contributed by atoms with Crippen LogP contribution in [0.3, 0.4) is 0 Å². The number of nitrogens with two attached hydrogens (primary N) is 1. The van der Waals surface area contributed by atoms with Crippen molar-refractivity contribution in [2.75, 3.05) is 6.54 Å². The number of carbonyl (C=O) groups is 2. The molecular formula is C31H38N6O4. The highest BCUT2D eigenvalue weighted by molar-refractivity contribution is 5.89. The lowest BCUT2D eigenvalue weighted by Crippen LogP contribution is -2.55. The van der Waals surface area contributed by atoms with E-state index in [1.165, 1.54) is 0 Å². The van der Waals surface area contributed by atoms with Gasteiger partial charge in [0.25, 0.3) is 0 Å². The average Bonchev–Trinajstić information content (AvgIpc) is 3.55. The monoisotopic (exact) mass is 558 g/mol. The zero-order valence-electron chi connectivity index (χ0n) is 23.0. The molecule has 1 saturated heterocycles. The van der Waals surface area contributed by atoms with Crippen LogP contribution < -0.4 is 11.1 Å². The van der Waals surface area contributed by atoms with Crippen LogP contribution in [-0.4, -0.2) is 72.9 Å². The Kier molecular flexibility index (Phi) is 7.88. The van der Waals surface area contributed by atoms with Gasteiger partial charge in [0.05, 0.1) is 23.9 Å². The highest BCUT2D eigenvalue weighted by Crippen LogP contribution is 2.42. The standard InChI is InChI=1S/C31H38N6O4/c32-29(39)25(15-19-9-11-21(12-10-19)20-5-2-1-3-6-20)33-30(40)27-16-24(38)17-36(27)31(41)28(23-7-4-8-23)37-18-26(34-35-37)22-13-14-22/h1-3,5-6,9-12,18,22-25,27-28,31,38,41H,4,7-8,13-17H2,(H2,32,39)(H,33,40)/t24-,25-,27+,28+,31?/m1/s1. The number of nitrogens with one attached hydrogen (secondary N) is 1. The van der Waals surface area contributed by atoms with E-state index in [0.717, 1.165) is 54.5 Å². The van der Waals surface area contributed by atoms with E-state index in [2.05, 4.69) is 15.6 Å². The summed E-state index contributed by atoms with van der Waals surface area (Å²) in [6.45, 7) is 0.148. The second kappa shape index (κ2) is 11.7. The number of nitrogens with zero attached hydrogens (tertiary/aromatic N) is 4. The molecule has 6 rings (SSSR count). The normalized spacial score (nSPS) is 23.5. The van der Waals surface area contributed by atoms with E-state index in [1.807, 2.05) is 60.8 Å². The summed E-state index contributed by atoms with van der Waals surface area (Å²) in [6, 6.07) is 15.7. The molecule has 0 bridgehead atoms. The van der Waals surface area contributed by atoms with Crippen molar-refractivity contribution in [1.82, 2.24) is 25.2 Å². The molecule has 2 saturated carbocycles. The SMILES string of the molecule is NC(=O)[C@@H](Cc1ccc(-c2ccccc2)cc1)NC(=O)[C@@H]1C[C@@H](O)CN1C(O)[C@H](C1CCC1)n1cc(C2CC2)nn1. The van der Waals surface area contributed by atoms with Gasteiger partial charge in [-0.15, -0.1) is 5.10 Å². The number of aromatic nitrogens is 3. The van der Waals surface area contributed by atoms with Crippen LogP contribution in [0.15, 0.2) is 60.8 Å². The predicted octanol–water partition coefficient (Wildman–Crippen LogP) is 2.13. The molecule has 0 spiro atoms. The molecule has 2 amide bonds.